The maximum atomic E-state index is 11.0. The van der Waals surface area contributed by atoms with Crippen molar-refractivity contribution >= 4 is 46.8 Å². The number of benzene rings is 3. The van der Waals surface area contributed by atoms with E-state index >= 15 is 0 Å². The van der Waals surface area contributed by atoms with E-state index in [4.69, 9.17) is 28.9 Å². The van der Waals surface area contributed by atoms with Crippen molar-refractivity contribution in [2.75, 3.05) is 5.32 Å². The molecule has 0 aliphatic carbocycles. The van der Waals surface area contributed by atoms with Crippen LogP contribution in [0.3, 0.4) is 0 Å². The van der Waals surface area contributed by atoms with Crippen LogP contribution in [0.4, 0.5) is 5.69 Å². The van der Waals surface area contributed by atoms with Crippen LogP contribution in [0, 0.1) is 0 Å². The Morgan fingerprint density at radius 2 is 1.79 bits per heavy atom. The number of carboxylic acids is 1. The second-order valence-corrected chi connectivity index (χ2v) is 6.81. The zero-order valence-electron chi connectivity index (χ0n) is 15.0. The van der Waals surface area contributed by atoms with Gasteiger partial charge in [-0.25, -0.2) is 4.79 Å². The molecule has 0 heterocycles. The van der Waals surface area contributed by atoms with Gasteiger partial charge in [0.25, 0.3) is 0 Å². The summed E-state index contributed by atoms with van der Waals surface area (Å²) >= 11 is 11.1. The van der Waals surface area contributed by atoms with Gasteiger partial charge in [-0.15, -0.1) is 0 Å². The summed E-state index contributed by atoms with van der Waals surface area (Å²) in [6, 6.07) is 18.7. The van der Waals surface area contributed by atoms with Crippen molar-refractivity contribution < 1.29 is 15.0 Å². The summed E-state index contributed by atoms with van der Waals surface area (Å²) in [5, 5.41) is 27.2. The van der Waals surface area contributed by atoms with Gasteiger partial charge in [-0.1, -0.05) is 41.9 Å². The molecule has 0 bridgehead atoms. The van der Waals surface area contributed by atoms with Crippen molar-refractivity contribution in [3.63, 3.8) is 0 Å². The van der Waals surface area contributed by atoms with Crippen molar-refractivity contribution in [3.8, 4) is 16.9 Å². The third kappa shape index (κ3) is 5.31. The number of hydrogen-bond donors (Lipinski definition) is 4. The summed E-state index contributed by atoms with van der Waals surface area (Å²) < 4.78 is 0. The van der Waals surface area contributed by atoms with E-state index in [0.717, 1.165) is 5.56 Å². The van der Waals surface area contributed by atoms with Crippen LogP contribution in [0.2, 0.25) is 5.02 Å². The van der Waals surface area contributed by atoms with Crippen LogP contribution < -0.4 is 10.7 Å². The molecular weight excluding hydrogens is 410 g/mol. The van der Waals surface area contributed by atoms with E-state index in [0.29, 0.717) is 21.8 Å². The molecule has 29 heavy (non-hydrogen) atoms. The van der Waals surface area contributed by atoms with Crippen LogP contribution in [-0.2, 0) is 0 Å². The largest absolute Gasteiger partial charge is 0.507 e. The fourth-order valence-electron chi connectivity index (χ4n) is 2.58. The first-order chi connectivity index (χ1) is 13.9. The van der Waals surface area contributed by atoms with Gasteiger partial charge >= 0.3 is 5.97 Å². The first-order valence-electron chi connectivity index (χ1n) is 8.45. The van der Waals surface area contributed by atoms with Crippen molar-refractivity contribution in [3.05, 3.63) is 82.9 Å². The normalized spacial score (nSPS) is 10.7. The number of thiocarbonyl (C=S) groups is 1. The molecule has 0 saturated carbocycles. The second kappa shape index (κ2) is 9.18. The van der Waals surface area contributed by atoms with Crippen molar-refractivity contribution in [1.29, 1.82) is 0 Å². The molecule has 0 unspecified atom stereocenters. The number of hydrazone groups is 1. The van der Waals surface area contributed by atoms with Gasteiger partial charge in [-0.3, -0.25) is 5.43 Å². The molecule has 0 aliphatic rings. The van der Waals surface area contributed by atoms with E-state index in [2.05, 4.69) is 15.8 Å². The highest BCUT2D eigenvalue weighted by molar-refractivity contribution is 7.80. The summed E-state index contributed by atoms with van der Waals surface area (Å²) in [5.74, 6) is -0.949. The Kier molecular flexibility index (Phi) is 6.43. The van der Waals surface area contributed by atoms with Crippen molar-refractivity contribution in [2.45, 2.75) is 0 Å². The van der Waals surface area contributed by atoms with E-state index < -0.39 is 5.97 Å². The minimum absolute atomic E-state index is 0.0772. The molecule has 0 atom stereocenters. The number of phenolic OH excluding ortho intramolecular Hbond substituents is 1. The van der Waals surface area contributed by atoms with Crippen LogP contribution in [0.5, 0.6) is 5.75 Å². The number of halogens is 1. The molecule has 6 nitrogen and oxygen atoms in total. The quantitative estimate of drug-likeness (QED) is 0.268. The molecular formula is C21H16ClN3O3S. The molecule has 0 fully saturated rings. The third-order valence-corrected chi connectivity index (χ3v) is 4.40. The highest BCUT2D eigenvalue weighted by atomic mass is 35.5. The Bertz CT molecular complexity index is 1080. The lowest BCUT2D eigenvalue weighted by atomic mass is 10.0. The van der Waals surface area contributed by atoms with Crippen LogP contribution in [0.25, 0.3) is 11.1 Å². The summed E-state index contributed by atoms with van der Waals surface area (Å²) in [6.07, 6.45) is 1.44. The van der Waals surface area contributed by atoms with Gasteiger partial charge in [0, 0.05) is 21.8 Å². The second-order valence-electron chi connectivity index (χ2n) is 5.96. The topological polar surface area (TPSA) is 94.0 Å². The van der Waals surface area contributed by atoms with Crippen LogP contribution >= 0.6 is 23.8 Å². The number of rotatable bonds is 5. The van der Waals surface area contributed by atoms with Crippen LogP contribution in [0.15, 0.2) is 71.8 Å². The molecule has 3 aromatic rings. The standard InChI is InChI=1S/C21H16ClN3O3S/c22-16-9-7-13(8-10-16)18-6-2-4-15(19(18)26)12-23-25-21(29)24-17-5-1-3-14(11-17)20(27)28/h1-12,26H,(H,27,28)(H2,24,25,29). The Hall–Kier alpha value is -3.42. The van der Waals surface area contributed by atoms with Gasteiger partial charge < -0.3 is 15.5 Å². The number of aromatic carboxylic acids is 1. The lowest BCUT2D eigenvalue weighted by Crippen LogP contribution is -2.24. The molecule has 0 aliphatic heterocycles. The molecule has 146 valence electrons. The lowest BCUT2D eigenvalue weighted by Gasteiger charge is -2.09. The van der Waals surface area contributed by atoms with Gasteiger partial charge in [-0.05, 0) is 54.2 Å². The average molecular weight is 426 g/mol. The molecule has 3 rings (SSSR count). The van der Waals surface area contributed by atoms with Gasteiger partial charge in [0.15, 0.2) is 5.11 Å². The number of nitrogens with one attached hydrogen (secondary N) is 2. The van der Waals surface area contributed by atoms with E-state index in [9.17, 15) is 9.90 Å². The van der Waals surface area contributed by atoms with Crippen LogP contribution in [0.1, 0.15) is 15.9 Å². The third-order valence-electron chi connectivity index (χ3n) is 3.96. The highest BCUT2D eigenvalue weighted by Crippen LogP contribution is 2.32. The summed E-state index contributed by atoms with van der Waals surface area (Å²) in [5.41, 5.74) is 5.27. The Morgan fingerprint density at radius 1 is 1.07 bits per heavy atom. The SMILES string of the molecule is O=C(O)c1cccc(NC(=S)NN=Cc2cccc(-c3ccc(Cl)cc3)c2O)c1. The molecule has 0 aromatic heterocycles. The summed E-state index contributed by atoms with van der Waals surface area (Å²) in [7, 11) is 0. The van der Waals surface area contributed by atoms with Crippen LogP contribution in [-0.4, -0.2) is 27.5 Å². The molecule has 3 aromatic carbocycles. The van der Waals surface area contributed by atoms with Crippen molar-refractivity contribution in [2.24, 2.45) is 5.10 Å². The first kappa shape index (κ1) is 20.3. The van der Waals surface area contributed by atoms with E-state index in [-0.39, 0.29) is 16.4 Å². The summed E-state index contributed by atoms with van der Waals surface area (Å²) in [4.78, 5) is 11.0. The number of carboxylic acid groups (broad SMARTS) is 1. The summed E-state index contributed by atoms with van der Waals surface area (Å²) in [6.45, 7) is 0. The number of aromatic hydroxyl groups is 1. The maximum Gasteiger partial charge on any atom is 0.335 e. The molecule has 0 spiro atoms. The Morgan fingerprint density at radius 3 is 2.52 bits per heavy atom. The van der Waals surface area contributed by atoms with E-state index in [1.54, 1.807) is 42.5 Å². The molecule has 0 radical (unpaired) electrons. The zero-order chi connectivity index (χ0) is 20.8. The van der Waals surface area contributed by atoms with E-state index in [1.165, 1.54) is 18.3 Å². The first-order valence-corrected chi connectivity index (χ1v) is 9.24. The average Bonchev–Trinajstić information content (AvgIpc) is 2.70. The lowest BCUT2D eigenvalue weighted by molar-refractivity contribution is 0.0697. The molecule has 8 heteroatoms. The smallest absolute Gasteiger partial charge is 0.335 e. The monoisotopic (exact) mass is 425 g/mol. The minimum atomic E-state index is -1.03. The molecule has 0 saturated heterocycles. The van der Waals surface area contributed by atoms with E-state index in [1.807, 2.05) is 12.1 Å². The number of phenols is 1. The molecule has 4 N–H and O–H groups in total. The predicted molar refractivity (Wildman–Crippen MR) is 119 cm³/mol. The maximum absolute atomic E-state index is 11.0. The number of anilines is 1. The minimum Gasteiger partial charge on any atom is -0.507 e. The van der Waals surface area contributed by atoms with Gasteiger partial charge in [0.1, 0.15) is 5.75 Å². The van der Waals surface area contributed by atoms with Gasteiger partial charge in [0.2, 0.25) is 0 Å². The number of hydrogen-bond acceptors (Lipinski definition) is 4. The fourth-order valence-corrected chi connectivity index (χ4v) is 2.87. The Labute approximate surface area is 177 Å². The van der Waals surface area contributed by atoms with Gasteiger partial charge in [-0.2, -0.15) is 5.10 Å². The highest BCUT2D eigenvalue weighted by Gasteiger charge is 2.08. The Balaban J connectivity index is 1.68. The molecule has 0 amide bonds. The number of nitrogens with zero attached hydrogens (tertiary/aromatic N) is 1. The number of para-hydroxylation sites is 1. The van der Waals surface area contributed by atoms with Crippen molar-refractivity contribution in [1.82, 2.24) is 5.43 Å². The fraction of sp³-hybridized carbons (Fsp3) is 0. The zero-order valence-corrected chi connectivity index (χ0v) is 16.5. The number of carbonyl (C=O) groups is 1. The van der Waals surface area contributed by atoms with Gasteiger partial charge in [0.05, 0.1) is 11.8 Å². The predicted octanol–water partition coefficient (Wildman–Crippen LogP) is 4.73.